The maximum atomic E-state index is 5.49. The van der Waals surface area contributed by atoms with Gasteiger partial charge in [0.05, 0.1) is 25.5 Å². The molecule has 0 saturated carbocycles. The largest absolute Gasteiger partial charge is 0.494 e. The standard InChI is InChI=1S/C19H27N3O2S/c1-3-24-18-7-5-17(6-8-18)20-19-22(16(2)15-25-19)10-4-9-21-11-13-23-14-12-21/h5-8,15H,3-4,9-14H2,1-2H3. The molecule has 0 atom stereocenters. The minimum absolute atomic E-state index is 0.684. The molecule has 1 aliphatic heterocycles. The van der Waals surface area contributed by atoms with Crippen molar-refractivity contribution in [2.45, 2.75) is 26.8 Å². The van der Waals surface area contributed by atoms with Crippen LogP contribution in [0.4, 0.5) is 5.69 Å². The molecule has 1 aliphatic rings. The van der Waals surface area contributed by atoms with Gasteiger partial charge in [0.15, 0.2) is 4.80 Å². The Morgan fingerprint density at radius 2 is 1.92 bits per heavy atom. The van der Waals surface area contributed by atoms with Crippen molar-refractivity contribution in [1.82, 2.24) is 9.47 Å². The van der Waals surface area contributed by atoms with Gasteiger partial charge in [0, 0.05) is 37.3 Å². The van der Waals surface area contributed by atoms with Gasteiger partial charge in [-0.25, -0.2) is 4.99 Å². The van der Waals surface area contributed by atoms with E-state index >= 15 is 0 Å². The van der Waals surface area contributed by atoms with E-state index < -0.39 is 0 Å². The quantitative estimate of drug-likeness (QED) is 0.760. The smallest absolute Gasteiger partial charge is 0.190 e. The number of morpholine rings is 1. The fourth-order valence-corrected chi connectivity index (χ4v) is 3.87. The summed E-state index contributed by atoms with van der Waals surface area (Å²) >= 11 is 1.70. The van der Waals surface area contributed by atoms with Crippen molar-refractivity contribution >= 4 is 17.0 Å². The summed E-state index contributed by atoms with van der Waals surface area (Å²) in [4.78, 5) is 8.36. The predicted molar refractivity (Wildman–Crippen MR) is 102 cm³/mol. The van der Waals surface area contributed by atoms with Crippen LogP contribution in [0.3, 0.4) is 0 Å². The minimum atomic E-state index is 0.684. The van der Waals surface area contributed by atoms with Crippen LogP contribution in [-0.2, 0) is 11.3 Å². The molecule has 0 amide bonds. The average Bonchev–Trinajstić information content (AvgIpc) is 2.98. The van der Waals surface area contributed by atoms with Crippen LogP contribution in [0.15, 0.2) is 34.6 Å². The minimum Gasteiger partial charge on any atom is -0.494 e. The van der Waals surface area contributed by atoms with Gasteiger partial charge < -0.3 is 14.0 Å². The molecule has 0 N–H and O–H groups in total. The van der Waals surface area contributed by atoms with E-state index in [4.69, 9.17) is 14.5 Å². The summed E-state index contributed by atoms with van der Waals surface area (Å²) in [6, 6.07) is 7.98. The van der Waals surface area contributed by atoms with Gasteiger partial charge in [-0.3, -0.25) is 4.90 Å². The van der Waals surface area contributed by atoms with E-state index in [0.717, 1.165) is 62.1 Å². The summed E-state index contributed by atoms with van der Waals surface area (Å²) in [6.07, 6.45) is 1.13. The molecule has 0 bridgehead atoms. The van der Waals surface area contributed by atoms with Crippen LogP contribution >= 0.6 is 11.3 Å². The number of rotatable bonds is 7. The van der Waals surface area contributed by atoms with Crippen molar-refractivity contribution in [2.75, 3.05) is 39.5 Å². The number of aromatic nitrogens is 1. The summed E-state index contributed by atoms with van der Waals surface area (Å²) in [6.45, 7) is 10.8. The Kier molecular flexibility index (Phi) is 6.67. The zero-order valence-electron chi connectivity index (χ0n) is 15.1. The zero-order valence-corrected chi connectivity index (χ0v) is 15.9. The normalized spacial score (nSPS) is 16.3. The highest BCUT2D eigenvalue weighted by molar-refractivity contribution is 7.07. The monoisotopic (exact) mass is 361 g/mol. The molecule has 2 aromatic rings. The third kappa shape index (κ3) is 5.17. The zero-order chi connectivity index (χ0) is 17.5. The number of hydrogen-bond donors (Lipinski definition) is 0. The molecule has 0 unspecified atom stereocenters. The maximum Gasteiger partial charge on any atom is 0.190 e. The van der Waals surface area contributed by atoms with E-state index in [0.29, 0.717) is 6.61 Å². The second-order valence-corrected chi connectivity index (χ2v) is 6.99. The Labute approximate surface area is 153 Å². The van der Waals surface area contributed by atoms with Crippen LogP contribution in [-0.4, -0.2) is 48.9 Å². The van der Waals surface area contributed by atoms with Crippen molar-refractivity contribution in [3.05, 3.63) is 40.1 Å². The lowest BCUT2D eigenvalue weighted by atomic mass is 10.3. The highest BCUT2D eigenvalue weighted by Crippen LogP contribution is 2.18. The van der Waals surface area contributed by atoms with Gasteiger partial charge in [-0.15, -0.1) is 11.3 Å². The number of hydrogen-bond acceptors (Lipinski definition) is 5. The number of ether oxygens (including phenoxy) is 2. The van der Waals surface area contributed by atoms with Crippen molar-refractivity contribution in [3.63, 3.8) is 0 Å². The first-order chi connectivity index (χ1) is 12.3. The van der Waals surface area contributed by atoms with E-state index in [1.54, 1.807) is 11.3 Å². The van der Waals surface area contributed by atoms with Gasteiger partial charge in [-0.2, -0.15) is 0 Å². The molecule has 6 heteroatoms. The van der Waals surface area contributed by atoms with Gasteiger partial charge in [-0.05, 0) is 44.5 Å². The van der Waals surface area contributed by atoms with Crippen molar-refractivity contribution in [1.29, 1.82) is 0 Å². The Balaban J connectivity index is 1.65. The Hall–Kier alpha value is -1.63. The van der Waals surface area contributed by atoms with Crippen molar-refractivity contribution < 1.29 is 9.47 Å². The van der Waals surface area contributed by atoms with Gasteiger partial charge in [0.2, 0.25) is 0 Å². The van der Waals surface area contributed by atoms with E-state index in [2.05, 4.69) is 21.8 Å². The molecule has 1 aromatic heterocycles. The van der Waals surface area contributed by atoms with Crippen LogP contribution in [0.1, 0.15) is 19.0 Å². The lowest BCUT2D eigenvalue weighted by molar-refractivity contribution is 0.0369. The molecule has 1 aromatic carbocycles. The second kappa shape index (κ2) is 9.17. The Bertz CT molecular complexity index is 715. The predicted octanol–water partition coefficient (Wildman–Crippen LogP) is 3.21. The molecule has 5 nitrogen and oxygen atoms in total. The SMILES string of the molecule is CCOc1ccc(N=c2scc(C)n2CCCN2CCOCC2)cc1. The lowest BCUT2D eigenvalue weighted by Gasteiger charge is -2.26. The third-order valence-corrected chi connectivity index (χ3v) is 5.31. The van der Waals surface area contributed by atoms with E-state index in [1.165, 1.54) is 5.69 Å². The van der Waals surface area contributed by atoms with Gasteiger partial charge >= 0.3 is 0 Å². The highest BCUT2D eigenvalue weighted by Gasteiger charge is 2.10. The summed E-state index contributed by atoms with van der Waals surface area (Å²) < 4.78 is 13.2. The molecule has 25 heavy (non-hydrogen) atoms. The van der Waals surface area contributed by atoms with Crippen LogP contribution in [0.5, 0.6) is 5.75 Å². The Morgan fingerprint density at radius 3 is 2.64 bits per heavy atom. The molecule has 0 radical (unpaired) electrons. The number of thiazole rings is 1. The lowest BCUT2D eigenvalue weighted by Crippen LogP contribution is -2.37. The van der Waals surface area contributed by atoms with Crippen LogP contribution in [0.25, 0.3) is 0 Å². The molecule has 2 heterocycles. The summed E-state index contributed by atoms with van der Waals surface area (Å²) in [5.41, 5.74) is 2.24. The fraction of sp³-hybridized carbons (Fsp3) is 0.526. The van der Waals surface area contributed by atoms with E-state index in [1.807, 2.05) is 31.2 Å². The Morgan fingerprint density at radius 1 is 1.16 bits per heavy atom. The van der Waals surface area contributed by atoms with Gasteiger partial charge in [0.1, 0.15) is 5.75 Å². The first kappa shape index (κ1) is 18.2. The molecule has 1 fully saturated rings. The van der Waals surface area contributed by atoms with Crippen LogP contribution in [0, 0.1) is 6.92 Å². The first-order valence-corrected chi connectivity index (χ1v) is 9.87. The summed E-state index contributed by atoms with van der Waals surface area (Å²) in [7, 11) is 0. The second-order valence-electron chi connectivity index (χ2n) is 6.16. The first-order valence-electron chi connectivity index (χ1n) is 8.99. The average molecular weight is 362 g/mol. The number of nitrogens with zero attached hydrogens (tertiary/aromatic N) is 3. The molecule has 1 saturated heterocycles. The van der Waals surface area contributed by atoms with Crippen molar-refractivity contribution in [3.8, 4) is 5.75 Å². The fourth-order valence-electron chi connectivity index (χ4n) is 2.95. The van der Waals surface area contributed by atoms with Gasteiger partial charge in [0.25, 0.3) is 0 Å². The molecule has 0 aliphatic carbocycles. The van der Waals surface area contributed by atoms with Crippen LogP contribution < -0.4 is 9.54 Å². The summed E-state index contributed by atoms with van der Waals surface area (Å²) in [5.74, 6) is 0.891. The topological polar surface area (TPSA) is 39.0 Å². The van der Waals surface area contributed by atoms with E-state index in [-0.39, 0.29) is 0 Å². The third-order valence-electron chi connectivity index (χ3n) is 4.32. The van der Waals surface area contributed by atoms with Crippen LogP contribution in [0.2, 0.25) is 0 Å². The maximum absolute atomic E-state index is 5.49. The summed E-state index contributed by atoms with van der Waals surface area (Å²) in [5, 5.41) is 2.18. The molecular weight excluding hydrogens is 334 g/mol. The van der Waals surface area contributed by atoms with E-state index in [9.17, 15) is 0 Å². The molecule has 3 rings (SSSR count). The number of benzene rings is 1. The van der Waals surface area contributed by atoms with Crippen molar-refractivity contribution in [2.24, 2.45) is 4.99 Å². The number of aryl methyl sites for hydroxylation is 1. The van der Waals surface area contributed by atoms with Gasteiger partial charge in [-0.1, -0.05) is 0 Å². The highest BCUT2D eigenvalue weighted by atomic mass is 32.1. The molecular formula is C19H27N3O2S. The molecule has 136 valence electrons. The molecule has 0 spiro atoms.